The molecule has 0 fully saturated rings. The van der Waals surface area contributed by atoms with E-state index in [0.29, 0.717) is 0 Å². The highest BCUT2D eigenvalue weighted by molar-refractivity contribution is 5.96. The summed E-state index contributed by atoms with van der Waals surface area (Å²) in [5.41, 5.74) is 0.769. The van der Waals surface area contributed by atoms with Crippen molar-refractivity contribution in [2.24, 2.45) is 5.92 Å². The standard InChI is InChI=1S/C10H16O3/c1-7(2)6-13-10(12)5-9(11)8(3)4/h8H,1,5-6H2,2-4H3. The molecule has 74 valence electrons. The summed E-state index contributed by atoms with van der Waals surface area (Å²) in [5.74, 6) is -0.675. The first-order valence-corrected chi connectivity index (χ1v) is 4.26. The third-order valence-electron chi connectivity index (χ3n) is 1.44. The average molecular weight is 184 g/mol. The Bertz CT molecular complexity index is 216. The van der Waals surface area contributed by atoms with Crippen LogP contribution in [0.4, 0.5) is 0 Å². The summed E-state index contributed by atoms with van der Waals surface area (Å²) in [6.45, 7) is 9.06. The highest BCUT2D eigenvalue weighted by atomic mass is 16.5. The quantitative estimate of drug-likeness (QED) is 0.371. The molecule has 0 rings (SSSR count). The van der Waals surface area contributed by atoms with Gasteiger partial charge in [-0.05, 0) is 12.5 Å². The summed E-state index contributed by atoms with van der Waals surface area (Å²) in [6.07, 6.45) is -0.134. The highest BCUT2D eigenvalue weighted by Crippen LogP contribution is 2.00. The molecule has 13 heavy (non-hydrogen) atoms. The van der Waals surface area contributed by atoms with Crippen LogP contribution in [0, 0.1) is 5.92 Å². The minimum atomic E-state index is -0.471. The Morgan fingerprint density at radius 3 is 2.31 bits per heavy atom. The number of esters is 1. The maximum Gasteiger partial charge on any atom is 0.313 e. The minimum Gasteiger partial charge on any atom is -0.461 e. The lowest BCUT2D eigenvalue weighted by Gasteiger charge is -2.05. The first-order valence-electron chi connectivity index (χ1n) is 4.26. The van der Waals surface area contributed by atoms with E-state index in [1.165, 1.54) is 0 Å². The van der Waals surface area contributed by atoms with Crippen molar-refractivity contribution in [3.05, 3.63) is 12.2 Å². The van der Waals surface area contributed by atoms with Gasteiger partial charge >= 0.3 is 5.97 Å². The van der Waals surface area contributed by atoms with E-state index in [9.17, 15) is 9.59 Å². The molecule has 0 saturated heterocycles. The fraction of sp³-hybridized carbons (Fsp3) is 0.600. The molecule has 0 radical (unpaired) electrons. The van der Waals surface area contributed by atoms with Gasteiger partial charge in [0.25, 0.3) is 0 Å². The van der Waals surface area contributed by atoms with E-state index in [4.69, 9.17) is 4.74 Å². The van der Waals surface area contributed by atoms with Crippen LogP contribution in [0.1, 0.15) is 27.2 Å². The van der Waals surface area contributed by atoms with Crippen molar-refractivity contribution in [3.8, 4) is 0 Å². The summed E-state index contributed by atoms with van der Waals surface area (Å²) in [7, 11) is 0. The molecule has 0 saturated carbocycles. The van der Waals surface area contributed by atoms with E-state index in [2.05, 4.69) is 6.58 Å². The molecule has 0 aromatic heterocycles. The lowest BCUT2D eigenvalue weighted by Crippen LogP contribution is -2.16. The molecule has 0 bridgehead atoms. The second-order valence-corrected chi connectivity index (χ2v) is 3.42. The normalized spacial score (nSPS) is 9.85. The Morgan fingerprint density at radius 1 is 1.38 bits per heavy atom. The lowest BCUT2D eigenvalue weighted by molar-refractivity contribution is -0.145. The van der Waals surface area contributed by atoms with E-state index >= 15 is 0 Å². The number of Topliss-reactive ketones (excluding diaryl/α,β-unsaturated/α-hetero) is 1. The summed E-state index contributed by atoms with van der Waals surface area (Å²) in [5, 5.41) is 0. The topological polar surface area (TPSA) is 43.4 Å². The van der Waals surface area contributed by atoms with Crippen LogP contribution in [0.15, 0.2) is 12.2 Å². The van der Waals surface area contributed by atoms with Crippen molar-refractivity contribution in [3.63, 3.8) is 0 Å². The monoisotopic (exact) mass is 184 g/mol. The number of carbonyl (C=O) groups excluding carboxylic acids is 2. The van der Waals surface area contributed by atoms with Crippen LogP contribution in [0.2, 0.25) is 0 Å². The zero-order valence-corrected chi connectivity index (χ0v) is 8.42. The lowest BCUT2D eigenvalue weighted by atomic mass is 10.1. The van der Waals surface area contributed by atoms with Gasteiger partial charge in [0.2, 0.25) is 0 Å². The third-order valence-corrected chi connectivity index (χ3v) is 1.44. The maximum atomic E-state index is 11.1. The van der Waals surface area contributed by atoms with E-state index in [1.807, 2.05) is 0 Å². The van der Waals surface area contributed by atoms with E-state index < -0.39 is 5.97 Å². The number of ether oxygens (including phenoxy) is 1. The smallest absolute Gasteiger partial charge is 0.313 e. The fourth-order valence-corrected chi connectivity index (χ4v) is 0.601. The van der Waals surface area contributed by atoms with E-state index in [-0.39, 0.29) is 24.7 Å². The molecule has 0 spiro atoms. The molecular formula is C10H16O3. The minimum absolute atomic E-state index is 0.0910. The van der Waals surface area contributed by atoms with Gasteiger partial charge < -0.3 is 4.74 Å². The predicted octanol–water partition coefficient (Wildman–Crippen LogP) is 1.72. The van der Waals surface area contributed by atoms with E-state index in [0.717, 1.165) is 5.57 Å². The second-order valence-electron chi connectivity index (χ2n) is 3.42. The van der Waals surface area contributed by atoms with Crippen molar-refractivity contribution in [2.75, 3.05) is 6.61 Å². The Balaban J connectivity index is 3.75. The van der Waals surface area contributed by atoms with Gasteiger partial charge in [0.05, 0.1) is 0 Å². The van der Waals surface area contributed by atoms with Gasteiger partial charge in [0.1, 0.15) is 18.8 Å². The molecule has 0 atom stereocenters. The van der Waals surface area contributed by atoms with Gasteiger partial charge in [0.15, 0.2) is 0 Å². The number of rotatable bonds is 5. The summed E-state index contributed by atoms with van der Waals surface area (Å²) < 4.78 is 4.76. The third kappa shape index (κ3) is 6.08. The van der Waals surface area contributed by atoms with Crippen molar-refractivity contribution in [2.45, 2.75) is 27.2 Å². The van der Waals surface area contributed by atoms with Crippen molar-refractivity contribution in [1.29, 1.82) is 0 Å². The van der Waals surface area contributed by atoms with Crippen molar-refractivity contribution in [1.82, 2.24) is 0 Å². The number of ketones is 1. The average Bonchev–Trinajstić information content (AvgIpc) is 2.00. The van der Waals surface area contributed by atoms with Crippen LogP contribution in [0.5, 0.6) is 0 Å². The molecule has 0 aromatic rings. The molecule has 0 aliphatic rings. The van der Waals surface area contributed by atoms with Gasteiger partial charge in [-0.1, -0.05) is 20.4 Å². The molecule has 0 amide bonds. The van der Waals surface area contributed by atoms with Crippen LogP contribution in [0.25, 0.3) is 0 Å². The first-order chi connectivity index (χ1) is 5.93. The molecule has 0 aliphatic heterocycles. The first kappa shape index (κ1) is 11.9. The Labute approximate surface area is 78.8 Å². The number of carbonyl (C=O) groups is 2. The predicted molar refractivity (Wildman–Crippen MR) is 50.2 cm³/mol. The molecular weight excluding hydrogens is 168 g/mol. The van der Waals surface area contributed by atoms with Crippen LogP contribution in [-0.2, 0) is 14.3 Å². The van der Waals surface area contributed by atoms with Gasteiger partial charge in [-0.15, -0.1) is 0 Å². The summed E-state index contributed by atoms with van der Waals surface area (Å²) in [6, 6.07) is 0. The number of hydrogen-bond acceptors (Lipinski definition) is 3. The van der Waals surface area contributed by atoms with Gasteiger partial charge in [0, 0.05) is 5.92 Å². The zero-order chi connectivity index (χ0) is 10.4. The molecule has 0 N–H and O–H groups in total. The molecule has 0 aromatic carbocycles. The van der Waals surface area contributed by atoms with Crippen molar-refractivity contribution >= 4 is 11.8 Å². The number of hydrogen-bond donors (Lipinski definition) is 0. The van der Waals surface area contributed by atoms with Gasteiger partial charge in [-0.25, -0.2) is 0 Å². The maximum absolute atomic E-state index is 11.1. The fourth-order valence-electron chi connectivity index (χ4n) is 0.601. The van der Waals surface area contributed by atoms with Crippen LogP contribution >= 0.6 is 0 Å². The largest absolute Gasteiger partial charge is 0.461 e. The van der Waals surface area contributed by atoms with Gasteiger partial charge in [-0.3, -0.25) is 9.59 Å². The van der Waals surface area contributed by atoms with Crippen LogP contribution in [-0.4, -0.2) is 18.4 Å². The van der Waals surface area contributed by atoms with E-state index in [1.54, 1.807) is 20.8 Å². The Kier molecular flexibility index (Phi) is 5.04. The molecule has 0 aliphatic carbocycles. The summed E-state index contributed by atoms with van der Waals surface area (Å²) in [4.78, 5) is 22.1. The second kappa shape index (κ2) is 5.51. The van der Waals surface area contributed by atoms with Gasteiger partial charge in [-0.2, -0.15) is 0 Å². The molecule has 3 heteroatoms. The van der Waals surface area contributed by atoms with Crippen LogP contribution < -0.4 is 0 Å². The Morgan fingerprint density at radius 2 is 1.92 bits per heavy atom. The Hall–Kier alpha value is -1.12. The van der Waals surface area contributed by atoms with Crippen molar-refractivity contribution < 1.29 is 14.3 Å². The molecule has 0 unspecified atom stereocenters. The summed E-state index contributed by atoms with van der Waals surface area (Å²) >= 11 is 0. The molecule has 0 heterocycles. The molecule has 3 nitrogen and oxygen atoms in total. The zero-order valence-electron chi connectivity index (χ0n) is 8.42. The highest BCUT2D eigenvalue weighted by Gasteiger charge is 2.13. The van der Waals surface area contributed by atoms with Crippen LogP contribution in [0.3, 0.4) is 0 Å². The SMILES string of the molecule is C=C(C)COC(=O)CC(=O)C(C)C.